The average molecular weight is 494 g/mol. The minimum atomic E-state index is -3.47. The van der Waals surface area contributed by atoms with Crippen molar-refractivity contribution in [2.24, 2.45) is 11.8 Å². The quantitative estimate of drug-likeness (QED) is 0.462. The Kier molecular flexibility index (Phi) is 6.68. The molecular formula is C24H22F4N2O5. The van der Waals surface area contributed by atoms with Crippen molar-refractivity contribution >= 4 is 18.0 Å². The van der Waals surface area contributed by atoms with Crippen molar-refractivity contribution in [1.29, 1.82) is 0 Å². The first-order valence-corrected chi connectivity index (χ1v) is 10.9. The number of benzene rings is 2. The molecule has 0 aliphatic heterocycles. The molecule has 0 aromatic heterocycles. The minimum Gasteiger partial charge on any atom is -0.481 e. The summed E-state index contributed by atoms with van der Waals surface area (Å²) in [6.07, 6.45) is -5.17. The molecule has 11 heteroatoms. The Morgan fingerprint density at radius 1 is 1.00 bits per heavy atom. The van der Waals surface area contributed by atoms with Crippen molar-refractivity contribution in [3.8, 4) is 11.1 Å². The number of carboxylic acids is 1. The molecule has 7 nitrogen and oxygen atoms in total. The zero-order valence-electron chi connectivity index (χ0n) is 18.2. The number of halogens is 4. The molecule has 2 aliphatic carbocycles. The van der Waals surface area contributed by atoms with E-state index in [1.807, 2.05) is 59.2 Å². The Balaban J connectivity index is 1.30. The number of ether oxygens (including phenoxy) is 1. The second kappa shape index (κ2) is 9.55. The SMILES string of the molecule is O=C(CC(NC(=O)OCC1c2ccccc2-c2ccccc21)C(F)F)NC[C@H]1[C@@H](C(=O)O)C1(F)F. The standard InChI is InChI=1S/C24H22F4N2O5/c25-21(26)18(9-19(31)29-10-17-20(22(32)33)24(17,27)28)30-23(34)35-11-16-14-7-3-1-5-12(14)13-6-2-4-8-15(13)16/h1-8,16-18,20-21H,9-11H2,(H,29,31)(H,30,34)(H,32,33)/t17-,18?,20-/m0/s1. The predicted molar refractivity (Wildman–Crippen MR) is 115 cm³/mol. The van der Waals surface area contributed by atoms with E-state index in [1.54, 1.807) is 0 Å². The van der Waals surface area contributed by atoms with E-state index in [1.165, 1.54) is 0 Å². The van der Waals surface area contributed by atoms with Crippen LogP contribution in [-0.2, 0) is 14.3 Å². The zero-order valence-corrected chi connectivity index (χ0v) is 18.2. The molecule has 0 radical (unpaired) electrons. The van der Waals surface area contributed by atoms with Gasteiger partial charge in [-0.3, -0.25) is 9.59 Å². The molecule has 0 bridgehead atoms. The topological polar surface area (TPSA) is 105 Å². The van der Waals surface area contributed by atoms with Crippen LogP contribution in [0.1, 0.15) is 23.5 Å². The molecule has 1 unspecified atom stereocenters. The van der Waals surface area contributed by atoms with E-state index in [2.05, 4.69) is 0 Å². The first-order valence-electron chi connectivity index (χ1n) is 10.9. The van der Waals surface area contributed by atoms with Crippen molar-refractivity contribution in [3.05, 3.63) is 59.7 Å². The van der Waals surface area contributed by atoms with E-state index in [4.69, 9.17) is 9.84 Å². The fraction of sp³-hybridized carbons (Fsp3) is 0.375. The maximum atomic E-state index is 13.4. The molecule has 1 saturated carbocycles. The van der Waals surface area contributed by atoms with Crippen molar-refractivity contribution in [2.45, 2.75) is 30.7 Å². The molecule has 0 spiro atoms. The van der Waals surface area contributed by atoms with E-state index in [-0.39, 0.29) is 12.5 Å². The van der Waals surface area contributed by atoms with E-state index in [9.17, 15) is 31.9 Å². The maximum absolute atomic E-state index is 13.4. The molecular weight excluding hydrogens is 472 g/mol. The number of rotatable bonds is 9. The summed E-state index contributed by atoms with van der Waals surface area (Å²) in [5.41, 5.74) is 3.85. The van der Waals surface area contributed by atoms with Gasteiger partial charge in [0.2, 0.25) is 5.91 Å². The van der Waals surface area contributed by atoms with Gasteiger partial charge in [-0.2, -0.15) is 0 Å². The van der Waals surface area contributed by atoms with Gasteiger partial charge in [0.05, 0.1) is 12.3 Å². The molecule has 4 rings (SSSR count). The number of carbonyl (C=O) groups excluding carboxylic acids is 2. The van der Waals surface area contributed by atoms with Crippen molar-refractivity contribution in [1.82, 2.24) is 10.6 Å². The summed E-state index contributed by atoms with van der Waals surface area (Å²) < 4.78 is 58.8. The van der Waals surface area contributed by atoms with Crippen LogP contribution in [0.5, 0.6) is 0 Å². The number of hydrogen-bond acceptors (Lipinski definition) is 4. The lowest BCUT2D eigenvalue weighted by atomic mass is 9.98. The number of nitrogens with one attached hydrogen (secondary N) is 2. The Labute approximate surface area is 197 Å². The minimum absolute atomic E-state index is 0.116. The van der Waals surface area contributed by atoms with Gasteiger partial charge in [-0.25, -0.2) is 22.4 Å². The van der Waals surface area contributed by atoms with Gasteiger partial charge >= 0.3 is 12.1 Å². The fourth-order valence-electron chi connectivity index (χ4n) is 4.47. The van der Waals surface area contributed by atoms with Gasteiger partial charge in [-0.1, -0.05) is 48.5 Å². The highest BCUT2D eigenvalue weighted by molar-refractivity contribution is 5.80. The van der Waals surface area contributed by atoms with E-state index >= 15 is 0 Å². The highest BCUT2D eigenvalue weighted by atomic mass is 19.3. The molecule has 2 amide bonds. The fourth-order valence-corrected chi connectivity index (χ4v) is 4.47. The highest BCUT2D eigenvalue weighted by Gasteiger charge is 2.72. The molecule has 2 aromatic carbocycles. The van der Waals surface area contributed by atoms with Crippen LogP contribution in [0, 0.1) is 11.8 Å². The van der Waals surface area contributed by atoms with Crippen LogP contribution < -0.4 is 10.6 Å². The van der Waals surface area contributed by atoms with Crippen molar-refractivity contribution in [2.75, 3.05) is 13.2 Å². The summed E-state index contributed by atoms with van der Waals surface area (Å²) in [4.78, 5) is 35.0. The Morgan fingerprint density at radius 2 is 1.57 bits per heavy atom. The van der Waals surface area contributed by atoms with Crippen LogP contribution in [0.3, 0.4) is 0 Å². The van der Waals surface area contributed by atoms with Gasteiger partial charge in [0.25, 0.3) is 12.3 Å². The monoisotopic (exact) mass is 494 g/mol. The number of alkyl halides is 4. The first kappa shape index (κ1) is 24.5. The number of amides is 2. The first-order chi connectivity index (χ1) is 16.6. The van der Waals surface area contributed by atoms with Gasteiger partial charge < -0.3 is 20.5 Å². The van der Waals surface area contributed by atoms with Gasteiger partial charge in [-0.15, -0.1) is 0 Å². The van der Waals surface area contributed by atoms with E-state index in [0.717, 1.165) is 22.3 Å². The predicted octanol–water partition coefficient (Wildman–Crippen LogP) is 3.63. The van der Waals surface area contributed by atoms with Crippen LogP contribution >= 0.6 is 0 Å². The molecule has 3 N–H and O–H groups in total. The van der Waals surface area contributed by atoms with E-state index in [0.29, 0.717) is 0 Å². The smallest absolute Gasteiger partial charge is 0.407 e. The van der Waals surface area contributed by atoms with Crippen LogP contribution in [0.25, 0.3) is 11.1 Å². The number of aliphatic carboxylic acids is 1. The van der Waals surface area contributed by atoms with Crippen molar-refractivity contribution < 1.29 is 41.8 Å². The molecule has 0 heterocycles. The van der Waals surface area contributed by atoms with Crippen LogP contribution in [-0.4, -0.2) is 54.6 Å². The lowest BCUT2D eigenvalue weighted by Gasteiger charge is -2.19. The molecule has 2 aromatic rings. The number of carboxylic acid groups (broad SMARTS) is 1. The summed E-state index contributed by atoms with van der Waals surface area (Å²) in [6, 6.07) is 13.2. The van der Waals surface area contributed by atoms with Crippen LogP contribution in [0.15, 0.2) is 48.5 Å². The lowest BCUT2D eigenvalue weighted by Crippen LogP contribution is -2.44. The third-order valence-corrected chi connectivity index (χ3v) is 6.34. The van der Waals surface area contributed by atoms with Gasteiger partial charge in [0, 0.05) is 12.5 Å². The summed E-state index contributed by atoms with van der Waals surface area (Å²) in [6.45, 7) is -0.793. The maximum Gasteiger partial charge on any atom is 0.407 e. The second-order valence-corrected chi connectivity index (χ2v) is 8.52. The number of hydrogen-bond donors (Lipinski definition) is 3. The molecule has 1 fully saturated rings. The zero-order chi connectivity index (χ0) is 25.3. The van der Waals surface area contributed by atoms with Crippen LogP contribution in [0.4, 0.5) is 22.4 Å². The average Bonchev–Trinajstić information content (AvgIpc) is 3.23. The van der Waals surface area contributed by atoms with Gasteiger partial charge in [0.1, 0.15) is 18.6 Å². The summed E-state index contributed by atoms with van der Waals surface area (Å²) in [5, 5.41) is 12.7. The van der Waals surface area contributed by atoms with Crippen LogP contribution in [0.2, 0.25) is 0 Å². The molecule has 35 heavy (non-hydrogen) atoms. The number of carbonyl (C=O) groups is 3. The van der Waals surface area contributed by atoms with Crippen molar-refractivity contribution in [3.63, 3.8) is 0 Å². The summed E-state index contributed by atoms with van der Waals surface area (Å²) >= 11 is 0. The van der Waals surface area contributed by atoms with E-state index < -0.39 is 61.2 Å². The molecule has 2 aliphatic rings. The Bertz CT molecular complexity index is 1100. The molecule has 0 saturated heterocycles. The number of fused-ring (bicyclic) bond motifs is 3. The third kappa shape index (κ3) is 4.94. The second-order valence-electron chi connectivity index (χ2n) is 8.52. The highest BCUT2D eigenvalue weighted by Crippen LogP contribution is 2.54. The summed E-state index contributed by atoms with van der Waals surface area (Å²) in [5.74, 6) is -10.0. The van der Waals surface area contributed by atoms with Gasteiger partial charge in [0.15, 0.2) is 0 Å². The molecule has 186 valence electrons. The molecule has 3 atom stereocenters. The Hall–Kier alpha value is -3.63. The van der Waals surface area contributed by atoms with Gasteiger partial charge in [-0.05, 0) is 22.3 Å². The lowest BCUT2D eigenvalue weighted by molar-refractivity contribution is -0.141. The summed E-state index contributed by atoms with van der Waals surface area (Å²) in [7, 11) is 0. The largest absolute Gasteiger partial charge is 0.481 e. The Morgan fingerprint density at radius 3 is 2.09 bits per heavy atom. The normalized spacial score (nSPS) is 20.5. The number of alkyl carbamates (subject to hydrolysis) is 1. The third-order valence-electron chi connectivity index (χ3n) is 6.34.